The summed E-state index contributed by atoms with van der Waals surface area (Å²) in [5, 5.41) is 0. The summed E-state index contributed by atoms with van der Waals surface area (Å²) < 4.78 is 67.0. The van der Waals surface area contributed by atoms with E-state index in [2.05, 4.69) is 0 Å². The van der Waals surface area contributed by atoms with Crippen molar-refractivity contribution < 1.29 is 41.4 Å². The largest absolute Gasteiger partial charge is 0.487 e. The second-order valence-corrected chi connectivity index (χ2v) is 7.55. The molecule has 152 valence electrons. The lowest BCUT2D eigenvalue weighted by molar-refractivity contribution is -0.138. The number of halogens is 4. The summed E-state index contributed by atoms with van der Waals surface area (Å²) in [7, 11) is 0. The van der Waals surface area contributed by atoms with Crippen LogP contribution in [0.25, 0.3) is 0 Å². The first kappa shape index (κ1) is 18.8. The van der Waals surface area contributed by atoms with Crippen molar-refractivity contribution in [1.29, 1.82) is 0 Å². The average molecular weight is 403 g/mol. The molecular formula is C18H17F4NO5. The summed E-state index contributed by atoms with van der Waals surface area (Å²) in [5.41, 5.74) is -1.37. The summed E-state index contributed by atoms with van der Waals surface area (Å²) in [6.07, 6.45) is -4.99. The van der Waals surface area contributed by atoms with E-state index in [1.807, 2.05) is 0 Å². The average Bonchev–Trinajstić information content (AvgIpc) is 2.94. The molecule has 6 nitrogen and oxygen atoms in total. The van der Waals surface area contributed by atoms with E-state index in [4.69, 9.17) is 14.2 Å². The van der Waals surface area contributed by atoms with Gasteiger partial charge in [-0.25, -0.2) is 9.18 Å². The van der Waals surface area contributed by atoms with Crippen molar-refractivity contribution in [1.82, 2.24) is 4.90 Å². The Morgan fingerprint density at radius 2 is 1.93 bits per heavy atom. The molecule has 0 aromatic heterocycles. The minimum Gasteiger partial charge on any atom is -0.487 e. The van der Waals surface area contributed by atoms with Crippen molar-refractivity contribution in [3.05, 3.63) is 29.6 Å². The van der Waals surface area contributed by atoms with Gasteiger partial charge in [-0.3, -0.25) is 4.79 Å². The maximum atomic E-state index is 13.8. The van der Waals surface area contributed by atoms with E-state index >= 15 is 0 Å². The third-order valence-corrected chi connectivity index (χ3v) is 5.24. The summed E-state index contributed by atoms with van der Waals surface area (Å²) in [6.45, 7) is 1.12. The Kier molecular flexibility index (Phi) is 4.39. The highest BCUT2D eigenvalue weighted by molar-refractivity contribution is 5.75. The fourth-order valence-corrected chi connectivity index (χ4v) is 3.62. The molecule has 3 aliphatic rings. The zero-order chi connectivity index (χ0) is 20.1. The molecule has 0 unspecified atom stereocenters. The minimum atomic E-state index is -4.62. The fraction of sp³-hybridized carbons (Fsp3) is 0.556. The number of amides is 1. The molecule has 3 fully saturated rings. The Bertz CT molecular complexity index is 800. The zero-order valence-electron chi connectivity index (χ0n) is 14.6. The van der Waals surface area contributed by atoms with Crippen LogP contribution in [0.15, 0.2) is 18.2 Å². The van der Waals surface area contributed by atoms with E-state index in [0.29, 0.717) is 45.0 Å². The predicted molar refractivity (Wildman–Crippen MR) is 84.9 cm³/mol. The third-order valence-electron chi connectivity index (χ3n) is 5.24. The molecule has 1 spiro atoms. The standard InChI is InChI=1S/C18H17F4NO5/c19-13-3-10(18(20,21)22)1-2-14(13)27-11-4-12(5-11)28-16(25)23-7-17(8-23)6-15(24)26-9-17/h1-3,11-12H,4-9H2. The van der Waals surface area contributed by atoms with Crippen LogP contribution < -0.4 is 4.74 Å². The number of hydrogen-bond donors (Lipinski definition) is 0. The van der Waals surface area contributed by atoms with Crippen LogP contribution in [0.2, 0.25) is 0 Å². The van der Waals surface area contributed by atoms with Gasteiger partial charge in [0.2, 0.25) is 0 Å². The molecule has 0 bridgehead atoms. The van der Waals surface area contributed by atoms with Gasteiger partial charge >= 0.3 is 18.2 Å². The maximum absolute atomic E-state index is 13.8. The van der Waals surface area contributed by atoms with Crippen molar-refractivity contribution in [2.75, 3.05) is 19.7 Å². The zero-order valence-corrected chi connectivity index (χ0v) is 14.6. The van der Waals surface area contributed by atoms with Gasteiger partial charge in [-0.05, 0) is 18.2 Å². The quantitative estimate of drug-likeness (QED) is 0.573. The molecule has 1 aromatic carbocycles. The van der Waals surface area contributed by atoms with Gasteiger partial charge in [0.25, 0.3) is 0 Å². The van der Waals surface area contributed by atoms with Gasteiger partial charge in [-0.1, -0.05) is 0 Å². The Morgan fingerprint density at radius 3 is 2.50 bits per heavy atom. The van der Waals surface area contributed by atoms with Crippen LogP contribution in [0.3, 0.4) is 0 Å². The number of nitrogens with zero attached hydrogens (tertiary/aromatic N) is 1. The van der Waals surface area contributed by atoms with Gasteiger partial charge < -0.3 is 19.1 Å². The van der Waals surface area contributed by atoms with Gasteiger partial charge in [0.05, 0.1) is 17.4 Å². The van der Waals surface area contributed by atoms with Gasteiger partial charge in [-0.15, -0.1) is 0 Å². The van der Waals surface area contributed by atoms with Crippen molar-refractivity contribution >= 4 is 12.1 Å². The second-order valence-electron chi connectivity index (χ2n) is 7.55. The Labute approximate surface area is 157 Å². The van der Waals surface area contributed by atoms with Crippen LogP contribution in [0, 0.1) is 11.2 Å². The monoisotopic (exact) mass is 403 g/mol. The smallest absolute Gasteiger partial charge is 0.416 e. The molecule has 1 amide bonds. The van der Waals surface area contributed by atoms with Crippen molar-refractivity contribution in [3.8, 4) is 5.75 Å². The van der Waals surface area contributed by atoms with Crippen LogP contribution >= 0.6 is 0 Å². The number of alkyl halides is 3. The number of esters is 1. The number of rotatable bonds is 3. The molecule has 1 aromatic rings. The first-order valence-electron chi connectivity index (χ1n) is 8.78. The number of benzene rings is 1. The van der Waals surface area contributed by atoms with Gasteiger partial charge in [0, 0.05) is 25.9 Å². The fourth-order valence-electron chi connectivity index (χ4n) is 3.62. The van der Waals surface area contributed by atoms with Crippen LogP contribution in [-0.4, -0.2) is 48.9 Å². The number of cyclic esters (lactones) is 1. The second kappa shape index (κ2) is 6.52. The lowest BCUT2D eigenvalue weighted by Crippen LogP contribution is -2.59. The number of ether oxygens (including phenoxy) is 3. The predicted octanol–water partition coefficient (Wildman–Crippen LogP) is 3.14. The summed E-state index contributed by atoms with van der Waals surface area (Å²) in [5.74, 6) is -1.62. The van der Waals surface area contributed by atoms with Crippen molar-refractivity contribution in [3.63, 3.8) is 0 Å². The molecular weight excluding hydrogens is 386 g/mol. The Balaban J connectivity index is 1.21. The summed E-state index contributed by atoms with van der Waals surface area (Å²) in [6, 6.07) is 2.09. The van der Waals surface area contributed by atoms with Gasteiger partial charge in [-0.2, -0.15) is 13.2 Å². The van der Waals surface area contributed by atoms with Crippen molar-refractivity contribution in [2.45, 2.75) is 37.6 Å². The lowest BCUT2D eigenvalue weighted by Gasteiger charge is -2.46. The SMILES string of the molecule is O=C1CC2(CO1)CN(C(=O)OC1CC(Oc3ccc(C(F)(F)F)cc3F)C1)C2. The topological polar surface area (TPSA) is 65.1 Å². The molecule has 1 saturated carbocycles. The van der Waals surface area contributed by atoms with Crippen LogP contribution in [-0.2, 0) is 20.4 Å². The van der Waals surface area contributed by atoms with E-state index < -0.39 is 35.9 Å². The molecule has 2 heterocycles. The highest BCUT2D eigenvalue weighted by Gasteiger charge is 2.52. The number of carbonyl (C=O) groups is 2. The first-order valence-corrected chi connectivity index (χ1v) is 8.78. The highest BCUT2D eigenvalue weighted by Crippen LogP contribution is 2.40. The normalized spacial score (nSPS) is 25.7. The molecule has 28 heavy (non-hydrogen) atoms. The van der Waals surface area contributed by atoms with E-state index in [0.717, 1.165) is 12.1 Å². The Hall–Kier alpha value is -2.52. The van der Waals surface area contributed by atoms with E-state index in [1.54, 1.807) is 0 Å². The Morgan fingerprint density at radius 1 is 1.21 bits per heavy atom. The third kappa shape index (κ3) is 3.59. The number of carbonyl (C=O) groups excluding carboxylic acids is 2. The molecule has 2 aliphatic heterocycles. The number of likely N-dealkylation sites (tertiary alicyclic amines) is 1. The van der Waals surface area contributed by atoms with Crippen LogP contribution in [0.1, 0.15) is 24.8 Å². The lowest BCUT2D eigenvalue weighted by atomic mass is 9.79. The first-order chi connectivity index (χ1) is 13.1. The van der Waals surface area contributed by atoms with E-state index in [-0.39, 0.29) is 17.1 Å². The van der Waals surface area contributed by atoms with E-state index in [1.165, 1.54) is 4.90 Å². The molecule has 0 radical (unpaired) electrons. The minimum absolute atomic E-state index is 0.262. The molecule has 0 atom stereocenters. The highest BCUT2D eigenvalue weighted by atomic mass is 19.4. The summed E-state index contributed by atoms with van der Waals surface area (Å²) >= 11 is 0. The molecule has 2 saturated heterocycles. The summed E-state index contributed by atoms with van der Waals surface area (Å²) in [4.78, 5) is 24.7. The van der Waals surface area contributed by atoms with Crippen molar-refractivity contribution in [2.24, 2.45) is 5.41 Å². The van der Waals surface area contributed by atoms with Crippen LogP contribution in [0.5, 0.6) is 5.75 Å². The molecule has 1 aliphatic carbocycles. The van der Waals surface area contributed by atoms with Gasteiger partial charge in [0.15, 0.2) is 11.6 Å². The van der Waals surface area contributed by atoms with E-state index in [9.17, 15) is 27.2 Å². The number of hydrogen-bond acceptors (Lipinski definition) is 5. The molecule has 4 rings (SSSR count). The van der Waals surface area contributed by atoms with Crippen LogP contribution in [0.4, 0.5) is 22.4 Å². The molecule has 0 N–H and O–H groups in total. The van der Waals surface area contributed by atoms with Gasteiger partial charge in [0.1, 0.15) is 18.8 Å². The molecule has 10 heteroatoms. The maximum Gasteiger partial charge on any atom is 0.416 e.